The van der Waals surface area contributed by atoms with E-state index in [-0.39, 0.29) is 11.9 Å². The van der Waals surface area contributed by atoms with E-state index < -0.39 is 11.7 Å². The number of aromatic nitrogens is 2. The number of amides is 3. The molecular formula is C17H27N5O3. The van der Waals surface area contributed by atoms with Crippen molar-refractivity contribution in [2.75, 3.05) is 26.7 Å². The highest BCUT2D eigenvalue weighted by atomic mass is 16.5. The van der Waals surface area contributed by atoms with Gasteiger partial charge in [0.2, 0.25) is 0 Å². The second-order valence-corrected chi connectivity index (χ2v) is 7.19. The Labute approximate surface area is 147 Å². The van der Waals surface area contributed by atoms with Crippen molar-refractivity contribution in [3.05, 3.63) is 18.2 Å². The van der Waals surface area contributed by atoms with Crippen molar-refractivity contribution in [2.24, 2.45) is 5.92 Å². The first kappa shape index (κ1) is 17.7. The first-order valence-electron chi connectivity index (χ1n) is 8.89. The third-order valence-electron chi connectivity index (χ3n) is 4.91. The van der Waals surface area contributed by atoms with Gasteiger partial charge in [0.1, 0.15) is 11.4 Å². The van der Waals surface area contributed by atoms with E-state index in [1.54, 1.807) is 13.2 Å². The Balaban J connectivity index is 1.71. The summed E-state index contributed by atoms with van der Waals surface area (Å²) >= 11 is 0. The zero-order valence-electron chi connectivity index (χ0n) is 15.1. The number of piperidine rings is 1. The highest BCUT2D eigenvalue weighted by Crippen LogP contribution is 2.40. The van der Waals surface area contributed by atoms with Gasteiger partial charge in [0.05, 0.1) is 6.54 Å². The molecule has 2 aliphatic heterocycles. The maximum Gasteiger partial charge on any atom is 0.317 e. The predicted molar refractivity (Wildman–Crippen MR) is 91.9 cm³/mol. The fourth-order valence-electron chi connectivity index (χ4n) is 3.51. The Kier molecular flexibility index (Phi) is 4.99. The first-order chi connectivity index (χ1) is 11.9. The third kappa shape index (κ3) is 3.49. The summed E-state index contributed by atoms with van der Waals surface area (Å²) in [5.41, 5.74) is -0.603. The summed E-state index contributed by atoms with van der Waals surface area (Å²) in [5, 5.41) is 5.62. The molecule has 0 aliphatic carbocycles. The SMILES string of the molecule is CNC(=O)C1Cn2ccnc2C2(CCN(C(=O)NCC(C)C)CC2)O1. The first-order valence-corrected chi connectivity index (χ1v) is 8.89. The minimum absolute atomic E-state index is 0.0365. The summed E-state index contributed by atoms with van der Waals surface area (Å²) in [7, 11) is 1.61. The lowest BCUT2D eigenvalue weighted by Gasteiger charge is -2.45. The number of nitrogens with one attached hydrogen (secondary N) is 2. The normalized spacial score (nSPS) is 21.9. The maximum atomic E-state index is 12.3. The van der Waals surface area contributed by atoms with Crippen molar-refractivity contribution >= 4 is 11.9 Å². The highest BCUT2D eigenvalue weighted by Gasteiger charge is 2.47. The van der Waals surface area contributed by atoms with Gasteiger partial charge in [-0.05, 0) is 5.92 Å². The topological polar surface area (TPSA) is 88.5 Å². The lowest BCUT2D eigenvalue weighted by atomic mass is 9.88. The van der Waals surface area contributed by atoms with Crippen LogP contribution < -0.4 is 10.6 Å². The molecule has 3 heterocycles. The van der Waals surface area contributed by atoms with Gasteiger partial charge in [0.15, 0.2) is 6.10 Å². The van der Waals surface area contributed by atoms with Crippen molar-refractivity contribution in [2.45, 2.75) is 44.9 Å². The zero-order chi connectivity index (χ0) is 18.0. The molecule has 1 spiro atoms. The molecule has 1 aromatic heterocycles. The molecule has 0 radical (unpaired) electrons. The number of fused-ring (bicyclic) bond motifs is 2. The van der Waals surface area contributed by atoms with Crippen LogP contribution in [0, 0.1) is 5.92 Å². The van der Waals surface area contributed by atoms with Gasteiger partial charge in [0, 0.05) is 51.9 Å². The van der Waals surface area contributed by atoms with E-state index in [0.717, 1.165) is 5.82 Å². The number of rotatable bonds is 3. The predicted octanol–water partition coefficient (Wildman–Crippen LogP) is 0.685. The number of nitrogens with zero attached hydrogens (tertiary/aromatic N) is 3. The number of ether oxygens (including phenoxy) is 1. The molecular weight excluding hydrogens is 322 g/mol. The number of carbonyl (C=O) groups is 2. The van der Waals surface area contributed by atoms with Crippen LogP contribution in [-0.2, 0) is 21.7 Å². The van der Waals surface area contributed by atoms with Crippen molar-refractivity contribution in [3.63, 3.8) is 0 Å². The minimum atomic E-state index is -0.603. The second-order valence-electron chi connectivity index (χ2n) is 7.19. The van der Waals surface area contributed by atoms with E-state index in [9.17, 15) is 9.59 Å². The molecule has 1 fully saturated rings. The number of hydrogen-bond acceptors (Lipinski definition) is 4. The number of urea groups is 1. The summed E-state index contributed by atoms with van der Waals surface area (Å²) in [5.74, 6) is 1.15. The van der Waals surface area contributed by atoms with Crippen LogP contribution >= 0.6 is 0 Å². The van der Waals surface area contributed by atoms with Crippen molar-refractivity contribution in [3.8, 4) is 0 Å². The fourth-order valence-corrected chi connectivity index (χ4v) is 3.51. The average Bonchev–Trinajstić information content (AvgIpc) is 3.09. The van der Waals surface area contributed by atoms with Gasteiger partial charge < -0.3 is 24.8 Å². The largest absolute Gasteiger partial charge is 0.357 e. The number of likely N-dealkylation sites (tertiary alicyclic amines) is 1. The van der Waals surface area contributed by atoms with Crippen LogP contribution in [0.25, 0.3) is 0 Å². The molecule has 25 heavy (non-hydrogen) atoms. The van der Waals surface area contributed by atoms with Gasteiger partial charge in [-0.3, -0.25) is 4.79 Å². The molecule has 3 rings (SSSR count). The Morgan fingerprint density at radius 2 is 2.12 bits per heavy atom. The maximum absolute atomic E-state index is 12.3. The summed E-state index contributed by atoms with van der Waals surface area (Å²) in [6.07, 6.45) is 4.36. The molecule has 2 aliphatic rings. The van der Waals surface area contributed by atoms with Crippen LogP contribution in [0.4, 0.5) is 4.79 Å². The third-order valence-corrected chi connectivity index (χ3v) is 4.91. The molecule has 0 aromatic carbocycles. The lowest BCUT2D eigenvalue weighted by Crippen LogP contribution is -2.55. The van der Waals surface area contributed by atoms with E-state index in [0.29, 0.717) is 44.9 Å². The zero-order valence-corrected chi connectivity index (χ0v) is 15.1. The van der Waals surface area contributed by atoms with Crippen LogP contribution in [0.2, 0.25) is 0 Å². The summed E-state index contributed by atoms with van der Waals surface area (Å²) in [6, 6.07) is -0.0365. The summed E-state index contributed by atoms with van der Waals surface area (Å²) < 4.78 is 8.22. The van der Waals surface area contributed by atoms with Gasteiger partial charge in [-0.25, -0.2) is 9.78 Å². The second kappa shape index (κ2) is 7.03. The monoisotopic (exact) mass is 349 g/mol. The molecule has 1 atom stereocenters. The van der Waals surface area contributed by atoms with Crippen LogP contribution in [-0.4, -0.2) is 59.2 Å². The Hall–Kier alpha value is -2.09. The Bertz CT molecular complexity index is 634. The van der Waals surface area contributed by atoms with Crippen LogP contribution in [0.3, 0.4) is 0 Å². The molecule has 0 saturated carbocycles. The average molecular weight is 349 g/mol. The number of carbonyl (C=O) groups excluding carboxylic acids is 2. The molecule has 1 unspecified atom stereocenters. The molecule has 1 aromatic rings. The van der Waals surface area contributed by atoms with Crippen molar-refractivity contribution in [1.82, 2.24) is 25.1 Å². The lowest BCUT2D eigenvalue weighted by molar-refractivity contribution is -0.171. The molecule has 2 N–H and O–H groups in total. The number of imidazole rings is 1. The molecule has 0 bridgehead atoms. The summed E-state index contributed by atoms with van der Waals surface area (Å²) in [4.78, 5) is 30.7. The quantitative estimate of drug-likeness (QED) is 0.840. The van der Waals surface area contributed by atoms with E-state index in [2.05, 4.69) is 29.5 Å². The number of likely N-dealkylation sites (N-methyl/N-ethyl adjacent to an activating group) is 1. The van der Waals surface area contributed by atoms with Gasteiger partial charge in [-0.2, -0.15) is 0 Å². The van der Waals surface area contributed by atoms with E-state index in [1.165, 1.54) is 0 Å². The van der Waals surface area contributed by atoms with Crippen LogP contribution in [0.1, 0.15) is 32.5 Å². The van der Waals surface area contributed by atoms with Gasteiger partial charge in [0.25, 0.3) is 5.91 Å². The van der Waals surface area contributed by atoms with E-state index >= 15 is 0 Å². The minimum Gasteiger partial charge on any atom is -0.357 e. The molecule has 8 heteroatoms. The molecule has 138 valence electrons. The smallest absolute Gasteiger partial charge is 0.317 e. The standard InChI is InChI=1S/C17H27N5O3/c1-12(2)10-20-16(24)21-7-4-17(5-8-21)15-19-6-9-22(15)11-13(25-17)14(23)18-3/h6,9,12-13H,4-5,7-8,10-11H2,1-3H3,(H,18,23)(H,20,24). The highest BCUT2D eigenvalue weighted by molar-refractivity contribution is 5.80. The molecule has 3 amide bonds. The molecule has 1 saturated heterocycles. The Morgan fingerprint density at radius 3 is 2.76 bits per heavy atom. The van der Waals surface area contributed by atoms with Crippen LogP contribution in [0.5, 0.6) is 0 Å². The fraction of sp³-hybridized carbons (Fsp3) is 0.706. The van der Waals surface area contributed by atoms with Gasteiger partial charge in [-0.1, -0.05) is 13.8 Å². The van der Waals surface area contributed by atoms with Gasteiger partial charge in [-0.15, -0.1) is 0 Å². The van der Waals surface area contributed by atoms with Crippen LogP contribution in [0.15, 0.2) is 12.4 Å². The van der Waals surface area contributed by atoms with Crippen molar-refractivity contribution in [1.29, 1.82) is 0 Å². The number of hydrogen-bond donors (Lipinski definition) is 2. The van der Waals surface area contributed by atoms with Crippen molar-refractivity contribution < 1.29 is 14.3 Å². The van der Waals surface area contributed by atoms with Gasteiger partial charge >= 0.3 is 6.03 Å². The van der Waals surface area contributed by atoms with E-state index in [1.807, 2.05) is 15.7 Å². The molecule has 8 nitrogen and oxygen atoms in total. The van der Waals surface area contributed by atoms with E-state index in [4.69, 9.17) is 4.74 Å². The summed E-state index contributed by atoms with van der Waals surface area (Å²) in [6.45, 7) is 6.43. The Morgan fingerprint density at radius 1 is 1.40 bits per heavy atom.